The van der Waals surface area contributed by atoms with Crippen LogP contribution in [0.2, 0.25) is 0 Å². The van der Waals surface area contributed by atoms with Gasteiger partial charge in [-0.25, -0.2) is 4.98 Å². The minimum atomic E-state index is 0.128. The van der Waals surface area contributed by atoms with Gasteiger partial charge >= 0.3 is 0 Å². The second-order valence-corrected chi connectivity index (χ2v) is 3.79. The number of rotatable bonds is 3. The number of H-pyrrole nitrogens is 1. The van der Waals surface area contributed by atoms with Crippen molar-refractivity contribution in [1.82, 2.24) is 9.97 Å². The number of ether oxygens (including phenoxy) is 1. The fourth-order valence-electron chi connectivity index (χ4n) is 1.14. The number of nitrogens with one attached hydrogen (secondary N) is 1. The SMILES string of the molecule is Oc1ccccc1OCc1ncc(Br)[nH]1. The van der Waals surface area contributed by atoms with Crippen LogP contribution in [0.15, 0.2) is 35.1 Å². The van der Waals surface area contributed by atoms with Gasteiger partial charge in [-0.15, -0.1) is 0 Å². The molecule has 0 bridgehead atoms. The lowest BCUT2D eigenvalue weighted by Gasteiger charge is -2.05. The monoisotopic (exact) mass is 268 g/mol. The molecule has 0 amide bonds. The van der Waals surface area contributed by atoms with Gasteiger partial charge in [-0.1, -0.05) is 12.1 Å². The summed E-state index contributed by atoms with van der Waals surface area (Å²) in [4.78, 5) is 7.02. The molecule has 0 aliphatic carbocycles. The summed E-state index contributed by atoms with van der Waals surface area (Å²) in [6, 6.07) is 6.82. The molecule has 0 aliphatic rings. The summed E-state index contributed by atoms with van der Waals surface area (Å²) in [6.07, 6.45) is 1.66. The Morgan fingerprint density at radius 2 is 2.20 bits per heavy atom. The van der Waals surface area contributed by atoms with Crippen molar-refractivity contribution in [3.05, 3.63) is 40.9 Å². The van der Waals surface area contributed by atoms with E-state index in [0.29, 0.717) is 18.2 Å². The molecule has 2 rings (SSSR count). The minimum absolute atomic E-state index is 0.128. The van der Waals surface area contributed by atoms with E-state index >= 15 is 0 Å². The molecule has 1 aromatic heterocycles. The Hall–Kier alpha value is -1.49. The minimum Gasteiger partial charge on any atom is -0.504 e. The molecule has 2 aromatic rings. The van der Waals surface area contributed by atoms with Crippen LogP contribution in [0.4, 0.5) is 0 Å². The fourth-order valence-corrected chi connectivity index (χ4v) is 1.47. The molecule has 0 aliphatic heterocycles. The summed E-state index contributed by atoms with van der Waals surface area (Å²) in [7, 11) is 0. The number of aromatic nitrogens is 2. The molecule has 0 unspecified atom stereocenters. The second kappa shape index (κ2) is 4.35. The van der Waals surface area contributed by atoms with Crippen molar-refractivity contribution < 1.29 is 9.84 Å². The van der Waals surface area contributed by atoms with Crippen molar-refractivity contribution in [2.45, 2.75) is 6.61 Å². The third-order valence-electron chi connectivity index (χ3n) is 1.83. The third-order valence-corrected chi connectivity index (χ3v) is 2.23. The van der Waals surface area contributed by atoms with Crippen LogP contribution in [-0.2, 0) is 6.61 Å². The second-order valence-electron chi connectivity index (χ2n) is 2.93. The Kier molecular flexibility index (Phi) is 2.91. The van der Waals surface area contributed by atoms with Crippen molar-refractivity contribution in [2.24, 2.45) is 0 Å². The van der Waals surface area contributed by atoms with Crippen molar-refractivity contribution in [3.63, 3.8) is 0 Å². The predicted molar refractivity (Wildman–Crippen MR) is 58.7 cm³/mol. The van der Waals surface area contributed by atoms with Crippen molar-refractivity contribution >= 4 is 15.9 Å². The van der Waals surface area contributed by atoms with Crippen LogP contribution in [0.1, 0.15) is 5.82 Å². The molecule has 0 fully saturated rings. The summed E-state index contributed by atoms with van der Waals surface area (Å²) in [6.45, 7) is 0.295. The Morgan fingerprint density at radius 1 is 1.40 bits per heavy atom. The lowest BCUT2D eigenvalue weighted by atomic mass is 10.3. The highest BCUT2D eigenvalue weighted by molar-refractivity contribution is 9.10. The van der Waals surface area contributed by atoms with Crippen LogP contribution < -0.4 is 4.74 Å². The maximum absolute atomic E-state index is 9.43. The highest BCUT2D eigenvalue weighted by atomic mass is 79.9. The number of benzene rings is 1. The molecule has 5 heteroatoms. The van der Waals surface area contributed by atoms with Gasteiger partial charge in [0.05, 0.1) is 6.20 Å². The van der Waals surface area contributed by atoms with E-state index in [9.17, 15) is 5.11 Å². The summed E-state index contributed by atoms with van der Waals surface area (Å²) in [5, 5.41) is 9.43. The van der Waals surface area contributed by atoms with Crippen LogP contribution in [0.3, 0.4) is 0 Å². The zero-order valence-corrected chi connectivity index (χ0v) is 9.36. The van der Waals surface area contributed by atoms with Gasteiger partial charge in [-0.05, 0) is 28.1 Å². The molecule has 2 N–H and O–H groups in total. The molecular formula is C10H9BrN2O2. The largest absolute Gasteiger partial charge is 0.504 e. The summed E-state index contributed by atoms with van der Waals surface area (Å²) >= 11 is 3.25. The van der Waals surface area contributed by atoms with Gasteiger partial charge in [0.25, 0.3) is 0 Å². The molecule has 15 heavy (non-hydrogen) atoms. The Bertz CT molecular complexity index is 456. The lowest BCUT2D eigenvalue weighted by Crippen LogP contribution is -1.97. The first-order chi connectivity index (χ1) is 7.25. The Balaban J connectivity index is 2.02. The van der Waals surface area contributed by atoms with E-state index in [1.54, 1.807) is 30.5 Å². The average Bonchev–Trinajstić information content (AvgIpc) is 2.63. The highest BCUT2D eigenvalue weighted by Crippen LogP contribution is 2.24. The molecule has 0 radical (unpaired) electrons. The summed E-state index contributed by atoms with van der Waals surface area (Å²) in [5.41, 5.74) is 0. The van der Waals surface area contributed by atoms with E-state index < -0.39 is 0 Å². The first-order valence-corrected chi connectivity index (χ1v) is 5.15. The molecule has 4 nitrogen and oxygen atoms in total. The first-order valence-electron chi connectivity index (χ1n) is 4.36. The fraction of sp³-hybridized carbons (Fsp3) is 0.100. The average molecular weight is 269 g/mol. The van der Waals surface area contributed by atoms with Gasteiger partial charge in [-0.3, -0.25) is 0 Å². The number of halogens is 1. The van der Waals surface area contributed by atoms with Gasteiger partial charge in [0.1, 0.15) is 17.0 Å². The molecule has 78 valence electrons. The van der Waals surface area contributed by atoms with E-state index in [0.717, 1.165) is 4.60 Å². The Labute approximate surface area is 95.1 Å². The quantitative estimate of drug-likeness (QED) is 0.899. The van der Waals surface area contributed by atoms with E-state index in [-0.39, 0.29) is 5.75 Å². The predicted octanol–water partition coefficient (Wildman–Crippen LogP) is 2.46. The number of phenolic OH excluding ortho intramolecular Hbond substituents is 1. The normalized spacial score (nSPS) is 10.2. The maximum Gasteiger partial charge on any atom is 0.161 e. The van der Waals surface area contributed by atoms with Gasteiger partial charge < -0.3 is 14.8 Å². The number of aromatic amines is 1. The number of imidazole rings is 1. The van der Waals surface area contributed by atoms with Crippen LogP contribution in [0.5, 0.6) is 11.5 Å². The van der Waals surface area contributed by atoms with Gasteiger partial charge in [-0.2, -0.15) is 0 Å². The van der Waals surface area contributed by atoms with Gasteiger partial charge in [0.2, 0.25) is 0 Å². The van der Waals surface area contributed by atoms with Crippen LogP contribution >= 0.6 is 15.9 Å². The number of phenols is 1. The zero-order valence-electron chi connectivity index (χ0n) is 7.77. The molecule has 0 saturated heterocycles. The van der Waals surface area contributed by atoms with Crippen molar-refractivity contribution in [3.8, 4) is 11.5 Å². The van der Waals surface area contributed by atoms with Gasteiger partial charge in [0, 0.05) is 0 Å². The zero-order chi connectivity index (χ0) is 10.7. The molecular weight excluding hydrogens is 260 g/mol. The van der Waals surface area contributed by atoms with Crippen LogP contribution in [0.25, 0.3) is 0 Å². The number of hydrogen-bond acceptors (Lipinski definition) is 3. The summed E-state index contributed by atoms with van der Waals surface area (Å²) in [5.74, 6) is 1.28. The van der Waals surface area contributed by atoms with Crippen molar-refractivity contribution in [1.29, 1.82) is 0 Å². The third kappa shape index (κ3) is 2.50. The number of aromatic hydroxyl groups is 1. The maximum atomic E-state index is 9.43. The standard InChI is InChI=1S/C10H9BrN2O2/c11-9-5-12-10(13-9)6-15-8-4-2-1-3-7(8)14/h1-5,14H,6H2,(H,12,13). The van der Waals surface area contributed by atoms with Crippen LogP contribution in [0, 0.1) is 0 Å². The number of nitrogens with zero attached hydrogens (tertiary/aromatic N) is 1. The van der Waals surface area contributed by atoms with Crippen molar-refractivity contribution in [2.75, 3.05) is 0 Å². The molecule has 0 saturated carbocycles. The van der Waals surface area contributed by atoms with E-state index in [2.05, 4.69) is 25.9 Å². The Morgan fingerprint density at radius 3 is 2.87 bits per heavy atom. The van der Waals surface area contributed by atoms with E-state index in [4.69, 9.17) is 4.74 Å². The molecule has 0 atom stereocenters. The van der Waals surface area contributed by atoms with E-state index in [1.807, 2.05) is 0 Å². The van der Waals surface area contributed by atoms with E-state index in [1.165, 1.54) is 0 Å². The molecule has 1 aromatic carbocycles. The molecule has 1 heterocycles. The highest BCUT2D eigenvalue weighted by Gasteiger charge is 2.02. The first kappa shape index (κ1) is 10.0. The topological polar surface area (TPSA) is 58.1 Å². The van der Waals surface area contributed by atoms with Crippen LogP contribution in [-0.4, -0.2) is 15.1 Å². The number of hydrogen-bond donors (Lipinski definition) is 2. The molecule has 0 spiro atoms. The smallest absolute Gasteiger partial charge is 0.161 e. The number of para-hydroxylation sites is 2. The summed E-state index contributed by atoms with van der Waals surface area (Å²) < 4.78 is 6.18. The lowest BCUT2D eigenvalue weighted by molar-refractivity contribution is 0.281. The van der Waals surface area contributed by atoms with Gasteiger partial charge in [0.15, 0.2) is 11.5 Å².